The first-order valence-corrected chi connectivity index (χ1v) is 6.66. The fourth-order valence-corrected chi connectivity index (χ4v) is 2.45. The standard InChI is InChI=1S/C12H26NO.CHF3/c1-11(2)9-13(7-5-6-8-13)10-14-12(3)4;2-1(3)4/h11-12H,5-10H2,1-4H3;1H/q+1;. The molecule has 1 saturated heterocycles. The third-order valence-corrected chi connectivity index (χ3v) is 2.95. The van der Waals surface area contributed by atoms with E-state index in [0.717, 1.165) is 12.6 Å². The van der Waals surface area contributed by atoms with Crippen molar-refractivity contribution >= 4 is 0 Å². The molecule has 0 N–H and O–H groups in total. The second kappa shape index (κ2) is 8.75. The number of likely N-dealkylation sites (tertiary alicyclic amines) is 1. The molecule has 18 heavy (non-hydrogen) atoms. The van der Waals surface area contributed by atoms with Gasteiger partial charge in [0.1, 0.15) is 0 Å². The molecular weight excluding hydrogens is 243 g/mol. The molecule has 1 rings (SSSR count). The zero-order valence-corrected chi connectivity index (χ0v) is 12.0. The summed E-state index contributed by atoms with van der Waals surface area (Å²) in [5, 5.41) is 0. The van der Waals surface area contributed by atoms with E-state index in [-0.39, 0.29) is 0 Å². The van der Waals surface area contributed by atoms with E-state index >= 15 is 0 Å². The maximum atomic E-state index is 9.67. The highest BCUT2D eigenvalue weighted by Crippen LogP contribution is 2.21. The highest BCUT2D eigenvalue weighted by Gasteiger charge is 2.32. The summed E-state index contributed by atoms with van der Waals surface area (Å²) in [7, 11) is 0. The summed E-state index contributed by atoms with van der Waals surface area (Å²) >= 11 is 0. The molecule has 0 aliphatic carbocycles. The predicted molar refractivity (Wildman–Crippen MR) is 67.1 cm³/mol. The van der Waals surface area contributed by atoms with Crippen LogP contribution >= 0.6 is 0 Å². The molecule has 0 atom stereocenters. The minimum Gasteiger partial charge on any atom is -0.329 e. The van der Waals surface area contributed by atoms with Crippen LogP contribution in [0.2, 0.25) is 0 Å². The van der Waals surface area contributed by atoms with Gasteiger partial charge in [-0.25, -0.2) is 0 Å². The summed E-state index contributed by atoms with van der Waals surface area (Å²) in [5.41, 5.74) is 0. The number of halogens is 3. The maximum Gasteiger partial charge on any atom is 0.379 e. The number of nitrogens with zero attached hydrogens (tertiary/aromatic N) is 1. The van der Waals surface area contributed by atoms with Crippen molar-refractivity contribution in [2.45, 2.75) is 53.3 Å². The Kier molecular flexibility index (Phi) is 8.61. The Bertz CT molecular complexity index is 202. The Morgan fingerprint density at radius 3 is 1.78 bits per heavy atom. The van der Waals surface area contributed by atoms with Crippen molar-refractivity contribution in [2.75, 3.05) is 26.4 Å². The average molecular weight is 270 g/mol. The molecule has 0 bridgehead atoms. The molecule has 0 radical (unpaired) electrons. The summed E-state index contributed by atoms with van der Waals surface area (Å²) in [6.07, 6.45) is 3.14. The Hall–Kier alpha value is -0.290. The quantitative estimate of drug-likeness (QED) is 0.690. The van der Waals surface area contributed by atoms with Gasteiger partial charge < -0.3 is 9.22 Å². The molecule has 5 heteroatoms. The van der Waals surface area contributed by atoms with Crippen molar-refractivity contribution in [2.24, 2.45) is 5.92 Å². The minimum absolute atomic E-state index is 0.373. The van der Waals surface area contributed by atoms with E-state index in [1.165, 1.54) is 37.0 Å². The summed E-state index contributed by atoms with van der Waals surface area (Å²) in [4.78, 5) is 0. The van der Waals surface area contributed by atoms with Crippen molar-refractivity contribution in [3.63, 3.8) is 0 Å². The van der Waals surface area contributed by atoms with Gasteiger partial charge in [0.15, 0.2) is 6.73 Å². The lowest BCUT2D eigenvalue weighted by atomic mass is 10.2. The first kappa shape index (κ1) is 17.7. The van der Waals surface area contributed by atoms with Crippen LogP contribution in [0.25, 0.3) is 0 Å². The normalized spacial score (nSPS) is 18.3. The second-order valence-electron chi connectivity index (χ2n) is 5.66. The summed E-state index contributed by atoms with van der Waals surface area (Å²) in [5.74, 6) is 0.781. The summed E-state index contributed by atoms with van der Waals surface area (Å²) in [6, 6.07) is 0. The smallest absolute Gasteiger partial charge is 0.329 e. The van der Waals surface area contributed by atoms with Crippen LogP contribution in [0.3, 0.4) is 0 Å². The molecule has 110 valence electrons. The number of rotatable bonds is 5. The van der Waals surface area contributed by atoms with Gasteiger partial charge in [0.05, 0.1) is 25.7 Å². The highest BCUT2D eigenvalue weighted by atomic mass is 19.4. The molecule has 1 aliphatic rings. The van der Waals surface area contributed by atoms with Crippen molar-refractivity contribution in [1.82, 2.24) is 0 Å². The first-order valence-electron chi connectivity index (χ1n) is 6.66. The third kappa shape index (κ3) is 8.75. The lowest BCUT2D eigenvalue weighted by Gasteiger charge is -2.35. The predicted octanol–water partition coefficient (Wildman–Crippen LogP) is 3.81. The van der Waals surface area contributed by atoms with E-state index in [4.69, 9.17) is 4.74 Å². The van der Waals surface area contributed by atoms with Crippen LogP contribution in [0.15, 0.2) is 0 Å². The number of ether oxygens (including phenoxy) is 1. The molecule has 0 aromatic rings. The molecule has 1 heterocycles. The van der Waals surface area contributed by atoms with Gasteiger partial charge >= 0.3 is 6.68 Å². The van der Waals surface area contributed by atoms with Crippen molar-refractivity contribution in [3.05, 3.63) is 0 Å². The largest absolute Gasteiger partial charge is 0.379 e. The van der Waals surface area contributed by atoms with E-state index in [1.54, 1.807) is 0 Å². The Morgan fingerprint density at radius 1 is 1.00 bits per heavy atom. The van der Waals surface area contributed by atoms with Gasteiger partial charge in [-0.15, -0.1) is 0 Å². The van der Waals surface area contributed by atoms with Crippen LogP contribution in [0.4, 0.5) is 13.2 Å². The zero-order valence-electron chi connectivity index (χ0n) is 12.0. The van der Waals surface area contributed by atoms with Gasteiger partial charge in [0.25, 0.3) is 0 Å². The molecule has 1 fully saturated rings. The lowest BCUT2D eigenvalue weighted by Crippen LogP contribution is -2.49. The molecule has 0 aromatic heterocycles. The van der Waals surface area contributed by atoms with Gasteiger partial charge in [-0.1, -0.05) is 13.8 Å². The Labute approximate surface area is 109 Å². The molecule has 0 unspecified atom stereocenters. The van der Waals surface area contributed by atoms with Gasteiger partial charge in [-0.2, -0.15) is 13.2 Å². The van der Waals surface area contributed by atoms with Gasteiger partial charge in [0, 0.05) is 18.8 Å². The van der Waals surface area contributed by atoms with Crippen LogP contribution in [0, 0.1) is 5.92 Å². The molecular formula is C13H27F3NO+. The Morgan fingerprint density at radius 2 is 1.44 bits per heavy atom. The topological polar surface area (TPSA) is 9.23 Å². The van der Waals surface area contributed by atoms with Crippen molar-refractivity contribution in [3.8, 4) is 0 Å². The van der Waals surface area contributed by atoms with Crippen LogP contribution in [0.5, 0.6) is 0 Å². The summed E-state index contributed by atoms with van der Waals surface area (Å²) in [6.45, 7) is 10.1. The fourth-order valence-electron chi connectivity index (χ4n) is 2.45. The van der Waals surface area contributed by atoms with Gasteiger partial charge in [-0.05, 0) is 13.8 Å². The number of quaternary nitrogens is 1. The molecule has 0 spiro atoms. The molecule has 0 aromatic carbocycles. The third-order valence-electron chi connectivity index (χ3n) is 2.95. The van der Waals surface area contributed by atoms with Gasteiger partial charge in [-0.3, -0.25) is 0 Å². The highest BCUT2D eigenvalue weighted by molar-refractivity contribution is 4.55. The van der Waals surface area contributed by atoms with Crippen LogP contribution in [-0.4, -0.2) is 43.6 Å². The number of alkyl halides is 3. The van der Waals surface area contributed by atoms with Crippen molar-refractivity contribution < 1.29 is 22.4 Å². The van der Waals surface area contributed by atoms with Crippen LogP contribution in [-0.2, 0) is 4.74 Å². The fraction of sp³-hybridized carbons (Fsp3) is 1.00. The average Bonchev–Trinajstić information content (AvgIpc) is 2.62. The van der Waals surface area contributed by atoms with E-state index in [0.29, 0.717) is 6.10 Å². The molecule has 0 amide bonds. The minimum atomic E-state index is -3.67. The Balaban J connectivity index is 0.000000631. The maximum absolute atomic E-state index is 9.67. The number of hydrogen-bond acceptors (Lipinski definition) is 1. The monoisotopic (exact) mass is 270 g/mol. The van der Waals surface area contributed by atoms with E-state index in [1.807, 2.05) is 0 Å². The SMILES string of the molecule is CC(C)C[N+]1(COC(C)C)CCCC1.FC(F)F. The number of hydrogen-bond donors (Lipinski definition) is 0. The zero-order chi connectivity index (χ0) is 14.2. The van der Waals surface area contributed by atoms with E-state index < -0.39 is 6.68 Å². The van der Waals surface area contributed by atoms with E-state index in [9.17, 15) is 13.2 Å². The van der Waals surface area contributed by atoms with E-state index in [2.05, 4.69) is 27.7 Å². The summed E-state index contributed by atoms with van der Waals surface area (Å²) < 4.78 is 36.0. The van der Waals surface area contributed by atoms with Crippen molar-refractivity contribution in [1.29, 1.82) is 0 Å². The van der Waals surface area contributed by atoms with Crippen LogP contribution < -0.4 is 0 Å². The molecule has 0 saturated carbocycles. The van der Waals surface area contributed by atoms with Gasteiger partial charge in [0.2, 0.25) is 0 Å². The second-order valence-corrected chi connectivity index (χ2v) is 5.66. The van der Waals surface area contributed by atoms with Crippen LogP contribution in [0.1, 0.15) is 40.5 Å². The molecule has 1 aliphatic heterocycles. The molecule has 2 nitrogen and oxygen atoms in total. The lowest BCUT2D eigenvalue weighted by molar-refractivity contribution is -0.938. The first-order chi connectivity index (χ1) is 8.27.